The van der Waals surface area contributed by atoms with Gasteiger partial charge in [-0.2, -0.15) is 5.26 Å². The van der Waals surface area contributed by atoms with Crippen molar-refractivity contribution in [3.05, 3.63) is 65.4 Å². The van der Waals surface area contributed by atoms with Crippen LogP contribution in [0.25, 0.3) is 10.9 Å². The molecule has 3 aliphatic heterocycles. The van der Waals surface area contributed by atoms with Crippen molar-refractivity contribution in [1.82, 2.24) is 15.2 Å². The maximum atomic E-state index is 9.51. The van der Waals surface area contributed by atoms with E-state index in [0.29, 0.717) is 5.56 Å². The van der Waals surface area contributed by atoms with E-state index < -0.39 is 0 Å². The number of hydrogen-bond acceptors (Lipinski definition) is 7. The number of aromatic nitrogens is 1. The second kappa shape index (κ2) is 10.1. The second-order valence-corrected chi connectivity index (χ2v) is 10.3. The van der Waals surface area contributed by atoms with Crippen molar-refractivity contribution in [2.45, 2.75) is 32.1 Å². The third kappa shape index (κ3) is 4.64. The summed E-state index contributed by atoms with van der Waals surface area (Å²) in [6.45, 7) is 11.1. The van der Waals surface area contributed by atoms with E-state index in [1.807, 2.05) is 12.1 Å². The standard InChI is InChI=1S/C29H34N6O/c1-21-18-35(28-7-5-23(16-30)29-27(28)3-2-9-32-29)20-26(36-21)19-33-11-13-34(14-12-33)25-6-4-24-17-31-10-8-22(24)15-25/h2-7,9,15,21,26,31H,8,10-14,17-20H2,1H3/t21-,26+/m1/s1. The van der Waals surface area contributed by atoms with Gasteiger partial charge in [0.05, 0.1) is 23.3 Å². The molecule has 0 unspecified atom stereocenters. The zero-order chi connectivity index (χ0) is 24.5. The van der Waals surface area contributed by atoms with Crippen LogP contribution in [0.15, 0.2) is 48.7 Å². The van der Waals surface area contributed by atoms with Gasteiger partial charge in [0, 0.05) is 75.3 Å². The first kappa shape index (κ1) is 23.2. The molecule has 3 aliphatic rings. The van der Waals surface area contributed by atoms with Crippen molar-refractivity contribution in [2.75, 3.05) is 62.2 Å². The summed E-state index contributed by atoms with van der Waals surface area (Å²) in [5.74, 6) is 0. The number of hydrogen-bond donors (Lipinski definition) is 1. The van der Waals surface area contributed by atoms with Gasteiger partial charge in [0.25, 0.3) is 0 Å². The molecule has 0 saturated carbocycles. The monoisotopic (exact) mass is 482 g/mol. The number of piperazine rings is 1. The molecule has 1 aromatic heterocycles. The molecule has 7 nitrogen and oxygen atoms in total. The number of benzene rings is 2. The van der Waals surface area contributed by atoms with Crippen LogP contribution in [0, 0.1) is 11.3 Å². The van der Waals surface area contributed by atoms with Gasteiger partial charge < -0.3 is 19.9 Å². The van der Waals surface area contributed by atoms with Crippen LogP contribution in [0.4, 0.5) is 11.4 Å². The summed E-state index contributed by atoms with van der Waals surface area (Å²) in [5, 5.41) is 14.0. The molecule has 186 valence electrons. The van der Waals surface area contributed by atoms with E-state index in [9.17, 15) is 5.26 Å². The van der Waals surface area contributed by atoms with Crippen molar-refractivity contribution in [2.24, 2.45) is 0 Å². The van der Waals surface area contributed by atoms with Gasteiger partial charge in [-0.25, -0.2) is 0 Å². The first-order valence-corrected chi connectivity index (χ1v) is 13.2. The lowest BCUT2D eigenvalue weighted by atomic mass is 10.00. The average molecular weight is 483 g/mol. The number of morpholine rings is 1. The molecule has 1 N–H and O–H groups in total. The largest absolute Gasteiger partial charge is 0.370 e. The Kier molecular flexibility index (Phi) is 6.49. The molecule has 0 aliphatic carbocycles. The van der Waals surface area contributed by atoms with E-state index >= 15 is 0 Å². The fourth-order valence-corrected chi connectivity index (χ4v) is 6.00. The van der Waals surface area contributed by atoms with E-state index in [1.54, 1.807) is 6.20 Å². The van der Waals surface area contributed by atoms with E-state index in [-0.39, 0.29) is 12.2 Å². The fourth-order valence-electron chi connectivity index (χ4n) is 6.00. The molecule has 2 aromatic carbocycles. The Morgan fingerprint density at radius 3 is 2.81 bits per heavy atom. The molecule has 6 rings (SSSR count). The lowest BCUT2D eigenvalue weighted by molar-refractivity contribution is -0.0327. The van der Waals surface area contributed by atoms with Gasteiger partial charge in [-0.05, 0) is 67.4 Å². The predicted octanol–water partition coefficient (Wildman–Crippen LogP) is 3.17. The Balaban J connectivity index is 1.11. The van der Waals surface area contributed by atoms with Gasteiger partial charge in [-0.15, -0.1) is 0 Å². The molecule has 2 atom stereocenters. The first-order valence-electron chi connectivity index (χ1n) is 13.2. The fraction of sp³-hybridized carbons (Fsp3) is 0.448. The number of pyridine rings is 1. The normalized spacial score (nSPS) is 22.9. The molecule has 4 heterocycles. The SMILES string of the molecule is C[C@@H]1CN(c2ccc(C#N)c3ncccc23)C[C@H](CN2CCN(c3ccc4c(c3)CCNC4)CC2)O1. The minimum absolute atomic E-state index is 0.150. The van der Waals surface area contributed by atoms with Crippen molar-refractivity contribution < 1.29 is 4.74 Å². The van der Waals surface area contributed by atoms with E-state index in [2.05, 4.69) is 68.3 Å². The van der Waals surface area contributed by atoms with Gasteiger partial charge in [0.1, 0.15) is 6.07 Å². The van der Waals surface area contributed by atoms with Gasteiger partial charge in [0.15, 0.2) is 0 Å². The van der Waals surface area contributed by atoms with Crippen LogP contribution in [0.5, 0.6) is 0 Å². The van der Waals surface area contributed by atoms with Gasteiger partial charge in [0.2, 0.25) is 0 Å². The van der Waals surface area contributed by atoms with Crippen molar-refractivity contribution in [3.8, 4) is 6.07 Å². The quantitative estimate of drug-likeness (QED) is 0.613. The summed E-state index contributed by atoms with van der Waals surface area (Å²) in [7, 11) is 0. The summed E-state index contributed by atoms with van der Waals surface area (Å²) >= 11 is 0. The second-order valence-electron chi connectivity index (χ2n) is 10.3. The molecule has 2 fully saturated rings. The van der Waals surface area contributed by atoms with E-state index in [4.69, 9.17) is 4.74 Å². The Bertz CT molecular complexity index is 1280. The Morgan fingerprint density at radius 2 is 1.94 bits per heavy atom. The number of ether oxygens (including phenoxy) is 1. The highest BCUT2D eigenvalue weighted by molar-refractivity contribution is 5.95. The zero-order valence-electron chi connectivity index (χ0n) is 21.0. The molecule has 0 radical (unpaired) electrons. The highest BCUT2D eigenvalue weighted by Gasteiger charge is 2.29. The molecule has 0 spiro atoms. The van der Waals surface area contributed by atoms with Crippen molar-refractivity contribution >= 4 is 22.3 Å². The lowest BCUT2D eigenvalue weighted by Crippen LogP contribution is -2.54. The van der Waals surface area contributed by atoms with Crippen LogP contribution in [0.3, 0.4) is 0 Å². The van der Waals surface area contributed by atoms with Crippen LogP contribution in [-0.4, -0.2) is 74.4 Å². The van der Waals surface area contributed by atoms with E-state index in [1.165, 1.54) is 16.8 Å². The number of fused-ring (bicyclic) bond motifs is 2. The van der Waals surface area contributed by atoms with Crippen LogP contribution in [-0.2, 0) is 17.7 Å². The Labute approximate surface area is 213 Å². The number of rotatable bonds is 4. The molecule has 7 heteroatoms. The Morgan fingerprint density at radius 1 is 1.06 bits per heavy atom. The average Bonchev–Trinajstić information content (AvgIpc) is 2.92. The number of anilines is 2. The highest BCUT2D eigenvalue weighted by Crippen LogP contribution is 2.30. The third-order valence-electron chi connectivity index (χ3n) is 7.81. The minimum Gasteiger partial charge on any atom is -0.370 e. The maximum Gasteiger partial charge on any atom is 0.101 e. The van der Waals surface area contributed by atoms with Crippen molar-refractivity contribution in [3.63, 3.8) is 0 Å². The summed E-state index contributed by atoms with van der Waals surface area (Å²) < 4.78 is 6.40. The first-order chi connectivity index (χ1) is 17.7. The lowest BCUT2D eigenvalue weighted by Gasteiger charge is -2.42. The number of nitriles is 1. The summed E-state index contributed by atoms with van der Waals surface area (Å²) in [6.07, 6.45) is 3.19. The highest BCUT2D eigenvalue weighted by atomic mass is 16.5. The van der Waals surface area contributed by atoms with Gasteiger partial charge >= 0.3 is 0 Å². The number of nitrogens with zero attached hydrogens (tertiary/aromatic N) is 5. The van der Waals surface area contributed by atoms with E-state index in [0.717, 1.165) is 81.9 Å². The minimum atomic E-state index is 0.150. The van der Waals surface area contributed by atoms with Crippen LogP contribution in [0.1, 0.15) is 23.6 Å². The summed E-state index contributed by atoms with van der Waals surface area (Å²) in [4.78, 5) is 12.0. The van der Waals surface area contributed by atoms with Gasteiger partial charge in [-0.3, -0.25) is 9.88 Å². The zero-order valence-corrected chi connectivity index (χ0v) is 21.0. The molecule has 3 aromatic rings. The molecule has 0 bridgehead atoms. The topological polar surface area (TPSA) is 67.7 Å². The summed E-state index contributed by atoms with van der Waals surface area (Å²) in [5.41, 5.74) is 6.87. The molecular weight excluding hydrogens is 448 g/mol. The maximum absolute atomic E-state index is 9.51. The molecule has 0 amide bonds. The number of nitrogens with one attached hydrogen (secondary N) is 1. The predicted molar refractivity (Wildman–Crippen MR) is 144 cm³/mol. The smallest absolute Gasteiger partial charge is 0.101 e. The molecule has 36 heavy (non-hydrogen) atoms. The third-order valence-corrected chi connectivity index (χ3v) is 7.81. The molecular formula is C29H34N6O. The molecule has 2 saturated heterocycles. The summed E-state index contributed by atoms with van der Waals surface area (Å²) in [6, 6.07) is 17.3. The van der Waals surface area contributed by atoms with Crippen LogP contribution < -0.4 is 15.1 Å². The van der Waals surface area contributed by atoms with Crippen LogP contribution in [0.2, 0.25) is 0 Å². The van der Waals surface area contributed by atoms with Crippen LogP contribution >= 0.6 is 0 Å². The van der Waals surface area contributed by atoms with Gasteiger partial charge in [-0.1, -0.05) is 6.07 Å². The Hall–Kier alpha value is -3.18. The van der Waals surface area contributed by atoms with Crippen molar-refractivity contribution in [1.29, 1.82) is 5.26 Å².